The van der Waals surface area contributed by atoms with Gasteiger partial charge in [-0.15, -0.1) is 0 Å². The van der Waals surface area contributed by atoms with Gasteiger partial charge in [0.25, 0.3) is 5.91 Å². The quantitative estimate of drug-likeness (QED) is 0.761. The number of amides is 1. The highest BCUT2D eigenvalue weighted by Crippen LogP contribution is 2.08. The summed E-state index contributed by atoms with van der Waals surface area (Å²) in [5, 5.41) is 4.02. The fourth-order valence-corrected chi connectivity index (χ4v) is 1.26. The molecule has 2 N–H and O–H groups in total. The van der Waals surface area contributed by atoms with Crippen LogP contribution in [0.25, 0.3) is 5.69 Å². The van der Waals surface area contributed by atoms with Crippen molar-refractivity contribution in [3.63, 3.8) is 0 Å². The van der Waals surface area contributed by atoms with E-state index in [1.54, 1.807) is 12.3 Å². The molecule has 14 heavy (non-hydrogen) atoms. The number of carbonyl (C=O) groups is 1. The third kappa shape index (κ3) is 1.37. The number of benzene rings is 1. The molecule has 0 aliphatic heterocycles. The molecule has 0 unspecified atom stereocenters. The van der Waals surface area contributed by atoms with Crippen LogP contribution in [0.1, 0.15) is 10.5 Å². The van der Waals surface area contributed by atoms with Gasteiger partial charge in [0.15, 0.2) is 0 Å². The van der Waals surface area contributed by atoms with Gasteiger partial charge in [-0.2, -0.15) is 5.10 Å². The van der Waals surface area contributed by atoms with Crippen LogP contribution >= 0.6 is 0 Å². The van der Waals surface area contributed by atoms with Crippen LogP contribution in [0.2, 0.25) is 0 Å². The van der Waals surface area contributed by atoms with Crippen molar-refractivity contribution in [2.24, 2.45) is 5.73 Å². The molecule has 4 nitrogen and oxygen atoms in total. The standard InChI is InChI=1S/C10H9N3O/c11-10(14)9-6-7-12-13(9)8-4-2-1-3-5-8/h1-7H,(H2,11,14). The molecule has 0 atom stereocenters. The number of aromatic nitrogens is 2. The lowest BCUT2D eigenvalue weighted by atomic mass is 10.3. The first kappa shape index (κ1) is 8.50. The predicted molar refractivity (Wildman–Crippen MR) is 52.1 cm³/mol. The Labute approximate surface area is 81.0 Å². The molecular weight excluding hydrogens is 178 g/mol. The first-order valence-corrected chi connectivity index (χ1v) is 4.18. The first-order valence-electron chi connectivity index (χ1n) is 4.18. The van der Waals surface area contributed by atoms with E-state index >= 15 is 0 Å². The van der Waals surface area contributed by atoms with Crippen molar-refractivity contribution in [1.82, 2.24) is 9.78 Å². The Morgan fingerprint density at radius 3 is 2.57 bits per heavy atom. The Bertz CT molecular complexity index is 447. The maximum absolute atomic E-state index is 11.0. The van der Waals surface area contributed by atoms with Crippen molar-refractivity contribution in [2.45, 2.75) is 0 Å². The SMILES string of the molecule is NC(=O)c1ccnn1-c1ccccc1. The predicted octanol–water partition coefficient (Wildman–Crippen LogP) is 0.971. The fourth-order valence-electron chi connectivity index (χ4n) is 1.26. The molecule has 0 bridgehead atoms. The van der Waals surface area contributed by atoms with E-state index in [0.29, 0.717) is 5.69 Å². The molecule has 0 fully saturated rings. The van der Waals surface area contributed by atoms with Crippen LogP contribution in [-0.4, -0.2) is 15.7 Å². The second-order valence-electron chi connectivity index (χ2n) is 2.83. The van der Waals surface area contributed by atoms with Gasteiger partial charge in [0, 0.05) is 0 Å². The molecule has 1 amide bonds. The van der Waals surface area contributed by atoms with E-state index in [0.717, 1.165) is 5.69 Å². The molecule has 2 rings (SSSR count). The Hall–Kier alpha value is -2.10. The highest BCUT2D eigenvalue weighted by atomic mass is 16.1. The minimum Gasteiger partial charge on any atom is -0.364 e. The number of primary amides is 1. The summed E-state index contributed by atoms with van der Waals surface area (Å²) in [7, 11) is 0. The van der Waals surface area contributed by atoms with Gasteiger partial charge in [-0.3, -0.25) is 4.79 Å². The third-order valence-electron chi connectivity index (χ3n) is 1.90. The maximum atomic E-state index is 11.0. The molecular formula is C10H9N3O. The minimum absolute atomic E-state index is 0.385. The van der Waals surface area contributed by atoms with Crippen molar-refractivity contribution in [3.05, 3.63) is 48.3 Å². The van der Waals surface area contributed by atoms with Gasteiger partial charge in [0.05, 0.1) is 11.9 Å². The summed E-state index contributed by atoms with van der Waals surface area (Å²) < 4.78 is 1.52. The second-order valence-corrected chi connectivity index (χ2v) is 2.83. The van der Waals surface area contributed by atoms with Gasteiger partial charge in [-0.1, -0.05) is 18.2 Å². The van der Waals surface area contributed by atoms with Gasteiger partial charge in [0.2, 0.25) is 0 Å². The van der Waals surface area contributed by atoms with Crippen molar-refractivity contribution in [3.8, 4) is 5.69 Å². The van der Waals surface area contributed by atoms with E-state index in [1.807, 2.05) is 30.3 Å². The van der Waals surface area contributed by atoms with Crippen LogP contribution in [0.15, 0.2) is 42.6 Å². The van der Waals surface area contributed by atoms with Crippen LogP contribution in [0.5, 0.6) is 0 Å². The monoisotopic (exact) mass is 187 g/mol. The number of para-hydroxylation sites is 1. The van der Waals surface area contributed by atoms with E-state index in [1.165, 1.54) is 4.68 Å². The van der Waals surface area contributed by atoms with E-state index in [9.17, 15) is 4.79 Å². The number of nitrogens with zero attached hydrogens (tertiary/aromatic N) is 2. The van der Waals surface area contributed by atoms with Gasteiger partial charge in [-0.05, 0) is 18.2 Å². The Kier molecular flexibility index (Phi) is 2.02. The Morgan fingerprint density at radius 1 is 1.21 bits per heavy atom. The third-order valence-corrected chi connectivity index (χ3v) is 1.90. The van der Waals surface area contributed by atoms with Crippen molar-refractivity contribution < 1.29 is 4.79 Å². The molecule has 2 aromatic rings. The van der Waals surface area contributed by atoms with E-state index in [-0.39, 0.29) is 0 Å². The molecule has 1 aromatic heterocycles. The average molecular weight is 187 g/mol. The van der Waals surface area contributed by atoms with Crippen molar-refractivity contribution in [2.75, 3.05) is 0 Å². The summed E-state index contributed by atoms with van der Waals surface area (Å²) in [6, 6.07) is 11.0. The summed E-state index contributed by atoms with van der Waals surface area (Å²) in [6.07, 6.45) is 1.55. The fraction of sp³-hybridized carbons (Fsp3) is 0. The zero-order valence-electron chi connectivity index (χ0n) is 7.42. The molecule has 0 spiro atoms. The lowest BCUT2D eigenvalue weighted by Crippen LogP contribution is -2.16. The molecule has 70 valence electrons. The number of hydrogen-bond acceptors (Lipinski definition) is 2. The number of carbonyl (C=O) groups excluding carboxylic acids is 1. The van der Waals surface area contributed by atoms with Crippen LogP contribution in [0.3, 0.4) is 0 Å². The normalized spacial score (nSPS) is 10.0. The molecule has 4 heteroatoms. The molecule has 0 aliphatic rings. The minimum atomic E-state index is -0.480. The lowest BCUT2D eigenvalue weighted by Gasteiger charge is -2.03. The van der Waals surface area contributed by atoms with Crippen LogP contribution in [0, 0.1) is 0 Å². The Balaban J connectivity index is 2.52. The zero-order valence-corrected chi connectivity index (χ0v) is 7.42. The Morgan fingerprint density at radius 2 is 1.93 bits per heavy atom. The van der Waals surface area contributed by atoms with Gasteiger partial charge in [0.1, 0.15) is 5.69 Å². The lowest BCUT2D eigenvalue weighted by molar-refractivity contribution is 0.0993. The summed E-state index contributed by atoms with van der Waals surface area (Å²) in [5.41, 5.74) is 6.41. The summed E-state index contributed by atoms with van der Waals surface area (Å²) >= 11 is 0. The largest absolute Gasteiger partial charge is 0.364 e. The highest BCUT2D eigenvalue weighted by molar-refractivity contribution is 5.91. The molecule has 0 saturated carbocycles. The van der Waals surface area contributed by atoms with E-state index in [2.05, 4.69) is 5.10 Å². The molecule has 1 aromatic carbocycles. The van der Waals surface area contributed by atoms with Crippen LogP contribution in [0.4, 0.5) is 0 Å². The van der Waals surface area contributed by atoms with Gasteiger partial charge < -0.3 is 5.73 Å². The maximum Gasteiger partial charge on any atom is 0.267 e. The van der Waals surface area contributed by atoms with E-state index in [4.69, 9.17) is 5.73 Å². The van der Waals surface area contributed by atoms with Crippen molar-refractivity contribution >= 4 is 5.91 Å². The molecule has 0 saturated heterocycles. The second kappa shape index (κ2) is 3.33. The average Bonchev–Trinajstić information content (AvgIpc) is 2.67. The molecule has 0 aliphatic carbocycles. The molecule has 0 radical (unpaired) electrons. The zero-order chi connectivity index (χ0) is 9.97. The first-order chi connectivity index (χ1) is 6.79. The topological polar surface area (TPSA) is 60.9 Å². The molecule has 1 heterocycles. The summed E-state index contributed by atoms with van der Waals surface area (Å²) in [4.78, 5) is 11.0. The van der Waals surface area contributed by atoms with Crippen LogP contribution < -0.4 is 5.73 Å². The van der Waals surface area contributed by atoms with Crippen molar-refractivity contribution in [1.29, 1.82) is 0 Å². The summed E-state index contributed by atoms with van der Waals surface area (Å²) in [6.45, 7) is 0. The number of nitrogens with two attached hydrogens (primary N) is 1. The smallest absolute Gasteiger partial charge is 0.267 e. The van der Waals surface area contributed by atoms with Crippen LogP contribution in [-0.2, 0) is 0 Å². The number of rotatable bonds is 2. The summed E-state index contributed by atoms with van der Waals surface area (Å²) in [5.74, 6) is -0.480. The van der Waals surface area contributed by atoms with Gasteiger partial charge >= 0.3 is 0 Å². The number of hydrogen-bond donors (Lipinski definition) is 1. The van der Waals surface area contributed by atoms with E-state index < -0.39 is 5.91 Å². The highest BCUT2D eigenvalue weighted by Gasteiger charge is 2.08. The van der Waals surface area contributed by atoms with Gasteiger partial charge in [-0.25, -0.2) is 4.68 Å².